The van der Waals surface area contributed by atoms with E-state index in [0.717, 1.165) is 32.2 Å². The second kappa shape index (κ2) is 11.4. The fraction of sp³-hybridized carbons (Fsp3) is 0.323. The number of hydrogen-bond donors (Lipinski definition) is 3. The minimum atomic E-state index is -0.688. The van der Waals surface area contributed by atoms with Crippen molar-refractivity contribution in [1.29, 1.82) is 0 Å². The number of aromatic nitrogens is 1. The number of aryl methyl sites for hydroxylation is 1. The fourth-order valence-corrected chi connectivity index (χ4v) is 5.38. The lowest BCUT2D eigenvalue weighted by molar-refractivity contribution is 0.0114. The number of aliphatic hydroxyl groups excluding tert-OH is 2. The van der Waals surface area contributed by atoms with Gasteiger partial charge in [0.25, 0.3) is 0 Å². The van der Waals surface area contributed by atoms with Crippen molar-refractivity contribution < 1.29 is 24.5 Å². The number of nitrogens with one attached hydrogen (secondary N) is 1. The summed E-state index contributed by atoms with van der Waals surface area (Å²) in [5.41, 5.74) is 4.50. The van der Waals surface area contributed by atoms with Gasteiger partial charge in [0.1, 0.15) is 17.5 Å². The van der Waals surface area contributed by atoms with Crippen LogP contribution in [0, 0.1) is 12.3 Å². The number of amides is 1. The van der Waals surface area contributed by atoms with Gasteiger partial charge < -0.3 is 24.7 Å². The number of nitrogens with zero attached hydrogens (tertiary/aromatic N) is 1. The number of aliphatic hydroxyl groups is 2. The summed E-state index contributed by atoms with van der Waals surface area (Å²) >= 11 is 3.59. The number of aromatic amines is 1. The van der Waals surface area contributed by atoms with Crippen molar-refractivity contribution in [2.45, 2.75) is 32.7 Å². The third-order valence-corrected chi connectivity index (χ3v) is 8.20. The van der Waals surface area contributed by atoms with Gasteiger partial charge in [0.2, 0.25) is 0 Å². The molecule has 1 amide bonds. The summed E-state index contributed by atoms with van der Waals surface area (Å²) in [6.07, 6.45) is 0.888. The molecule has 0 saturated heterocycles. The molecular formula is C31H33BrN2O5. The predicted octanol–water partition coefficient (Wildman–Crippen LogP) is 6.15. The number of rotatable bonds is 8. The molecule has 8 heteroatoms. The summed E-state index contributed by atoms with van der Waals surface area (Å²) < 4.78 is 12.7. The molecule has 0 radical (unpaired) electrons. The van der Waals surface area contributed by atoms with Crippen molar-refractivity contribution in [3.05, 3.63) is 93.6 Å². The Bertz CT molecular complexity index is 1440. The van der Waals surface area contributed by atoms with Crippen molar-refractivity contribution in [3.8, 4) is 11.5 Å². The average molecular weight is 594 g/mol. The van der Waals surface area contributed by atoms with Gasteiger partial charge in [0.05, 0.1) is 25.2 Å². The highest BCUT2D eigenvalue weighted by Gasteiger charge is 2.36. The number of halogens is 1. The summed E-state index contributed by atoms with van der Waals surface area (Å²) in [6, 6.07) is 20.9. The first-order chi connectivity index (χ1) is 18.9. The lowest BCUT2D eigenvalue weighted by atomic mass is 9.88. The van der Waals surface area contributed by atoms with E-state index in [2.05, 4.69) is 27.0 Å². The Morgan fingerprint density at radius 2 is 1.74 bits per heavy atom. The lowest BCUT2D eigenvalue weighted by Gasteiger charge is -2.35. The van der Waals surface area contributed by atoms with Crippen molar-refractivity contribution in [2.24, 2.45) is 5.41 Å². The Labute approximate surface area is 236 Å². The molecule has 0 saturated carbocycles. The van der Waals surface area contributed by atoms with Gasteiger partial charge in [-0.05, 0) is 73.4 Å². The van der Waals surface area contributed by atoms with Gasteiger partial charge in [-0.2, -0.15) is 0 Å². The summed E-state index contributed by atoms with van der Waals surface area (Å²) in [5, 5.41) is 20.6. The van der Waals surface area contributed by atoms with E-state index in [-0.39, 0.29) is 25.9 Å². The molecule has 204 valence electrons. The Morgan fingerprint density at radius 3 is 2.41 bits per heavy atom. The lowest BCUT2D eigenvalue weighted by Crippen LogP contribution is -2.42. The van der Waals surface area contributed by atoms with Crippen LogP contribution in [0.5, 0.6) is 11.5 Å². The molecule has 0 bridgehead atoms. The van der Waals surface area contributed by atoms with Crippen molar-refractivity contribution in [2.75, 3.05) is 26.4 Å². The van der Waals surface area contributed by atoms with Gasteiger partial charge in [-0.25, -0.2) is 4.79 Å². The first-order valence-electron chi connectivity index (χ1n) is 13.2. The molecule has 3 N–H and O–H groups in total. The standard InChI is InChI=1S/C31H33BrN2O5/c1-3-31(17-35,18-36)19-38-23-11-6-21(7-12-23)29-28-25(26-16-22(32)8-13-27(26)33-28)14-15-34(29)30(37)39-24-9-4-20(2)5-10-24/h4-13,16,29,33,35-36H,3,14-15,17-19H2,1-2H3. The minimum Gasteiger partial charge on any atom is -0.493 e. The van der Waals surface area contributed by atoms with Crippen LogP contribution < -0.4 is 9.47 Å². The molecule has 4 aromatic rings. The van der Waals surface area contributed by atoms with Crippen molar-refractivity contribution >= 4 is 32.9 Å². The summed E-state index contributed by atoms with van der Waals surface area (Å²) in [6.45, 7) is 4.31. The van der Waals surface area contributed by atoms with Crippen LogP contribution >= 0.6 is 15.9 Å². The maximum absolute atomic E-state index is 13.5. The van der Waals surface area contributed by atoms with Crippen LogP contribution in [0.2, 0.25) is 0 Å². The van der Waals surface area contributed by atoms with Crippen LogP contribution in [-0.4, -0.2) is 52.6 Å². The first kappa shape index (κ1) is 27.2. The molecule has 2 heterocycles. The Kier molecular flexibility index (Phi) is 7.98. The van der Waals surface area contributed by atoms with E-state index in [0.29, 0.717) is 30.9 Å². The molecule has 7 nitrogen and oxygen atoms in total. The smallest absolute Gasteiger partial charge is 0.416 e. The maximum atomic E-state index is 13.5. The third kappa shape index (κ3) is 5.55. The Hall–Kier alpha value is -3.33. The molecule has 39 heavy (non-hydrogen) atoms. The van der Waals surface area contributed by atoms with Crippen molar-refractivity contribution in [3.63, 3.8) is 0 Å². The largest absolute Gasteiger partial charge is 0.493 e. The van der Waals surface area contributed by atoms with E-state index in [1.54, 1.807) is 17.0 Å². The number of carbonyl (C=O) groups is 1. The number of ether oxygens (including phenoxy) is 2. The maximum Gasteiger partial charge on any atom is 0.416 e. The number of hydrogen-bond acceptors (Lipinski definition) is 5. The molecule has 1 aromatic heterocycles. The number of carbonyl (C=O) groups excluding carboxylic acids is 1. The normalized spacial score (nSPS) is 15.3. The second-order valence-corrected chi connectivity index (χ2v) is 11.2. The molecule has 5 rings (SSSR count). The quantitative estimate of drug-likeness (QED) is 0.228. The molecule has 1 aliphatic rings. The van der Waals surface area contributed by atoms with Gasteiger partial charge in [-0.3, -0.25) is 4.90 Å². The van der Waals surface area contributed by atoms with Gasteiger partial charge >= 0.3 is 6.09 Å². The number of benzene rings is 3. The molecular weight excluding hydrogens is 560 g/mol. The van der Waals surface area contributed by atoms with Crippen molar-refractivity contribution in [1.82, 2.24) is 9.88 Å². The Morgan fingerprint density at radius 1 is 1.05 bits per heavy atom. The zero-order valence-corrected chi connectivity index (χ0v) is 23.7. The molecule has 3 aromatic carbocycles. The van der Waals surface area contributed by atoms with Gasteiger partial charge in [0, 0.05) is 27.6 Å². The number of fused-ring (bicyclic) bond motifs is 3. The van der Waals surface area contributed by atoms with Gasteiger partial charge in [-0.1, -0.05) is 52.7 Å². The van der Waals surface area contributed by atoms with Gasteiger partial charge in [0.15, 0.2) is 0 Å². The zero-order chi connectivity index (χ0) is 27.6. The summed E-state index contributed by atoms with van der Waals surface area (Å²) in [5.74, 6) is 1.13. The Balaban J connectivity index is 1.47. The van der Waals surface area contributed by atoms with E-state index in [1.165, 1.54) is 5.56 Å². The molecule has 0 aliphatic carbocycles. The van der Waals surface area contributed by atoms with E-state index in [1.807, 2.05) is 62.4 Å². The second-order valence-electron chi connectivity index (χ2n) is 10.3. The summed E-state index contributed by atoms with van der Waals surface area (Å²) in [7, 11) is 0. The van der Waals surface area contributed by atoms with Crippen LogP contribution in [0.4, 0.5) is 4.79 Å². The topological polar surface area (TPSA) is 95.0 Å². The van der Waals surface area contributed by atoms with E-state index in [4.69, 9.17) is 9.47 Å². The fourth-order valence-electron chi connectivity index (χ4n) is 5.02. The van der Waals surface area contributed by atoms with E-state index in [9.17, 15) is 15.0 Å². The first-order valence-corrected chi connectivity index (χ1v) is 14.0. The monoisotopic (exact) mass is 592 g/mol. The third-order valence-electron chi connectivity index (χ3n) is 7.71. The molecule has 1 aliphatic heterocycles. The van der Waals surface area contributed by atoms with Crippen LogP contribution in [0.1, 0.15) is 41.8 Å². The SMILES string of the molecule is CCC(CO)(CO)COc1ccc(C2c3[nH]c4ccc(Br)cc4c3CCN2C(=O)Oc2ccc(C)cc2)cc1. The van der Waals surface area contributed by atoms with Crippen LogP contribution in [0.15, 0.2) is 71.2 Å². The molecule has 0 fully saturated rings. The molecule has 0 spiro atoms. The minimum absolute atomic E-state index is 0.155. The molecule has 1 atom stereocenters. The van der Waals surface area contributed by atoms with E-state index < -0.39 is 11.5 Å². The average Bonchev–Trinajstić information content (AvgIpc) is 3.33. The molecule has 1 unspecified atom stereocenters. The van der Waals surface area contributed by atoms with E-state index >= 15 is 0 Å². The van der Waals surface area contributed by atoms with Crippen LogP contribution in [-0.2, 0) is 6.42 Å². The summed E-state index contributed by atoms with van der Waals surface area (Å²) in [4.78, 5) is 18.8. The predicted molar refractivity (Wildman–Crippen MR) is 154 cm³/mol. The van der Waals surface area contributed by atoms with Crippen LogP contribution in [0.3, 0.4) is 0 Å². The highest BCUT2D eigenvalue weighted by atomic mass is 79.9. The van der Waals surface area contributed by atoms with Crippen LogP contribution in [0.25, 0.3) is 10.9 Å². The zero-order valence-electron chi connectivity index (χ0n) is 22.1. The highest BCUT2D eigenvalue weighted by molar-refractivity contribution is 9.10. The highest BCUT2D eigenvalue weighted by Crippen LogP contribution is 2.40. The van der Waals surface area contributed by atoms with Gasteiger partial charge in [-0.15, -0.1) is 0 Å². The number of H-pyrrole nitrogens is 1.